The van der Waals surface area contributed by atoms with Crippen molar-refractivity contribution in [2.24, 2.45) is 0 Å². The number of carbonyl (C=O) groups is 2. The number of rotatable bonds is 8. The van der Waals surface area contributed by atoms with Crippen molar-refractivity contribution >= 4 is 11.9 Å². The molecule has 0 aliphatic rings. The SMILES string of the molecule is COc1ccc(C)cc1C(C)NC(=O)NCCNC(=O)Cc1cccc(F)c1. The molecule has 1 unspecified atom stereocenters. The van der Waals surface area contributed by atoms with Crippen molar-refractivity contribution in [1.82, 2.24) is 16.0 Å². The number of hydrogen-bond acceptors (Lipinski definition) is 3. The summed E-state index contributed by atoms with van der Waals surface area (Å²) in [7, 11) is 1.59. The summed E-state index contributed by atoms with van der Waals surface area (Å²) in [5.74, 6) is 0.108. The van der Waals surface area contributed by atoms with Crippen molar-refractivity contribution in [2.75, 3.05) is 20.2 Å². The van der Waals surface area contributed by atoms with Gasteiger partial charge in [0.05, 0.1) is 19.6 Å². The molecule has 3 N–H and O–H groups in total. The van der Waals surface area contributed by atoms with Crippen LogP contribution in [-0.2, 0) is 11.2 Å². The molecule has 0 aliphatic heterocycles. The molecule has 28 heavy (non-hydrogen) atoms. The summed E-state index contributed by atoms with van der Waals surface area (Å²) in [4.78, 5) is 23.9. The third-order valence-corrected chi connectivity index (χ3v) is 4.19. The molecule has 150 valence electrons. The average molecular weight is 387 g/mol. The molecule has 2 aromatic rings. The molecule has 0 heterocycles. The lowest BCUT2D eigenvalue weighted by atomic mass is 10.0. The summed E-state index contributed by atoms with van der Waals surface area (Å²) in [5.41, 5.74) is 2.57. The van der Waals surface area contributed by atoms with Crippen molar-refractivity contribution in [3.63, 3.8) is 0 Å². The van der Waals surface area contributed by atoms with E-state index >= 15 is 0 Å². The third kappa shape index (κ3) is 6.57. The van der Waals surface area contributed by atoms with Gasteiger partial charge in [0.25, 0.3) is 0 Å². The molecule has 0 fully saturated rings. The number of nitrogens with one attached hydrogen (secondary N) is 3. The van der Waals surface area contributed by atoms with Gasteiger partial charge in [-0.3, -0.25) is 4.79 Å². The van der Waals surface area contributed by atoms with Crippen molar-refractivity contribution < 1.29 is 18.7 Å². The summed E-state index contributed by atoms with van der Waals surface area (Å²) >= 11 is 0. The van der Waals surface area contributed by atoms with Crippen LogP contribution in [0.2, 0.25) is 0 Å². The van der Waals surface area contributed by atoms with E-state index in [1.165, 1.54) is 12.1 Å². The lowest BCUT2D eigenvalue weighted by molar-refractivity contribution is -0.120. The molecule has 1 atom stereocenters. The van der Waals surface area contributed by atoms with Crippen LogP contribution in [-0.4, -0.2) is 32.1 Å². The van der Waals surface area contributed by atoms with Crippen LogP contribution in [0.3, 0.4) is 0 Å². The van der Waals surface area contributed by atoms with Gasteiger partial charge < -0.3 is 20.7 Å². The summed E-state index contributed by atoms with van der Waals surface area (Å²) in [6.45, 7) is 4.40. The molecular formula is C21H26FN3O3. The number of ether oxygens (including phenoxy) is 1. The molecule has 0 radical (unpaired) electrons. The summed E-state index contributed by atoms with van der Waals surface area (Å²) < 4.78 is 18.5. The van der Waals surface area contributed by atoms with E-state index in [9.17, 15) is 14.0 Å². The van der Waals surface area contributed by atoms with Crippen molar-refractivity contribution in [3.8, 4) is 5.75 Å². The van der Waals surface area contributed by atoms with E-state index in [2.05, 4.69) is 16.0 Å². The van der Waals surface area contributed by atoms with E-state index < -0.39 is 0 Å². The smallest absolute Gasteiger partial charge is 0.315 e. The summed E-state index contributed by atoms with van der Waals surface area (Å²) in [5, 5.41) is 8.24. The normalized spacial score (nSPS) is 11.4. The van der Waals surface area contributed by atoms with Crippen LogP contribution in [0.1, 0.15) is 29.7 Å². The van der Waals surface area contributed by atoms with Gasteiger partial charge in [-0.1, -0.05) is 29.8 Å². The highest BCUT2D eigenvalue weighted by Crippen LogP contribution is 2.25. The van der Waals surface area contributed by atoms with Crippen LogP contribution in [0.25, 0.3) is 0 Å². The molecule has 0 bridgehead atoms. The van der Waals surface area contributed by atoms with E-state index in [0.717, 1.165) is 11.1 Å². The largest absolute Gasteiger partial charge is 0.496 e. The second kappa shape index (κ2) is 10.3. The number of halogens is 1. The first-order valence-electron chi connectivity index (χ1n) is 9.09. The van der Waals surface area contributed by atoms with Gasteiger partial charge >= 0.3 is 6.03 Å². The zero-order valence-electron chi connectivity index (χ0n) is 16.3. The molecule has 2 aromatic carbocycles. The predicted molar refractivity (Wildman–Crippen MR) is 106 cm³/mol. The minimum Gasteiger partial charge on any atom is -0.496 e. The molecule has 6 nitrogen and oxygen atoms in total. The molecule has 0 saturated heterocycles. The van der Waals surface area contributed by atoms with Crippen LogP contribution in [0.4, 0.5) is 9.18 Å². The molecule has 0 saturated carbocycles. The fourth-order valence-corrected chi connectivity index (χ4v) is 2.79. The van der Waals surface area contributed by atoms with Gasteiger partial charge in [-0.05, 0) is 37.6 Å². The Kier molecular flexibility index (Phi) is 7.80. The quantitative estimate of drug-likeness (QED) is 0.610. The Hall–Kier alpha value is -3.09. The molecular weight excluding hydrogens is 361 g/mol. The van der Waals surface area contributed by atoms with E-state index in [-0.39, 0.29) is 43.3 Å². The first kappa shape index (κ1) is 21.2. The van der Waals surface area contributed by atoms with Crippen molar-refractivity contribution in [1.29, 1.82) is 0 Å². The van der Waals surface area contributed by atoms with Crippen LogP contribution >= 0.6 is 0 Å². The Labute approximate surface area is 164 Å². The maximum absolute atomic E-state index is 13.1. The maximum atomic E-state index is 13.1. The monoisotopic (exact) mass is 387 g/mol. The zero-order valence-corrected chi connectivity index (χ0v) is 16.3. The van der Waals surface area contributed by atoms with E-state index in [4.69, 9.17) is 4.74 Å². The lowest BCUT2D eigenvalue weighted by Crippen LogP contribution is -2.41. The first-order valence-corrected chi connectivity index (χ1v) is 9.09. The van der Waals surface area contributed by atoms with Gasteiger partial charge in [0.1, 0.15) is 11.6 Å². The third-order valence-electron chi connectivity index (χ3n) is 4.19. The Morgan fingerprint density at radius 1 is 1.11 bits per heavy atom. The van der Waals surface area contributed by atoms with Gasteiger partial charge in [-0.2, -0.15) is 0 Å². The molecule has 3 amide bonds. The number of benzene rings is 2. The maximum Gasteiger partial charge on any atom is 0.315 e. The lowest BCUT2D eigenvalue weighted by Gasteiger charge is -2.18. The van der Waals surface area contributed by atoms with Crippen LogP contribution in [0.15, 0.2) is 42.5 Å². The van der Waals surface area contributed by atoms with Crippen molar-refractivity contribution in [3.05, 3.63) is 65.0 Å². The Morgan fingerprint density at radius 2 is 1.86 bits per heavy atom. The second-order valence-electron chi connectivity index (χ2n) is 6.52. The minimum absolute atomic E-state index is 0.0914. The predicted octanol–water partition coefficient (Wildman–Crippen LogP) is 2.86. The van der Waals surface area contributed by atoms with Gasteiger partial charge in [-0.15, -0.1) is 0 Å². The second-order valence-corrected chi connectivity index (χ2v) is 6.52. The highest BCUT2D eigenvalue weighted by molar-refractivity contribution is 5.78. The van der Waals surface area contributed by atoms with Gasteiger partial charge in [-0.25, -0.2) is 9.18 Å². The minimum atomic E-state index is -0.372. The Bertz CT molecular complexity index is 826. The number of aryl methyl sites for hydroxylation is 1. The Morgan fingerprint density at radius 3 is 2.57 bits per heavy atom. The van der Waals surface area contributed by atoms with E-state index in [0.29, 0.717) is 11.3 Å². The number of methoxy groups -OCH3 is 1. The highest BCUT2D eigenvalue weighted by Gasteiger charge is 2.14. The number of urea groups is 1. The fraction of sp³-hybridized carbons (Fsp3) is 0.333. The average Bonchev–Trinajstić information content (AvgIpc) is 2.65. The van der Waals surface area contributed by atoms with Gasteiger partial charge in [0.15, 0.2) is 0 Å². The molecule has 0 aliphatic carbocycles. The zero-order chi connectivity index (χ0) is 20.5. The molecule has 0 spiro atoms. The standard InChI is InChI=1S/C21H26FN3O3/c1-14-7-8-19(28-3)18(11-14)15(2)25-21(27)24-10-9-23-20(26)13-16-5-4-6-17(22)12-16/h4-8,11-12,15H,9-10,13H2,1-3H3,(H,23,26)(H2,24,25,27). The molecule has 0 aromatic heterocycles. The van der Waals surface area contributed by atoms with Crippen LogP contribution < -0.4 is 20.7 Å². The van der Waals surface area contributed by atoms with Crippen LogP contribution in [0.5, 0.6) is 5.75 Å². The van der Waals surface area contributed by atoms with Gasteiger partial charge in [0, 0.05) is 18.7 Å². The fourth-order valence-electron chi connectivity index (χ4n) is 2.79. The summed E-state index contributed by atoms with van der Waals surface area (Å²) in [6.07, 6.45) is 0.0914. The molecule has 2 rings (SSSR count). The summed E-state index contributed by atoms with van der Waals surface area (Å²) in [6, 6.07) is 11.1. The highest BCUT2D eigenvalue weighted by atomic mass is 19.1. The first-order chi connectivity index (χ1) is 13.4. The molecule has 7 heteroatoms. The number of amides is 3. The van der Waals surface area contributed by atoms with E-state index in [1.807, 2.05) is 32.0 Å². The topological polar surface area (TPSA) is 79.5 Å². The van der Waals surface area contributed by atoms with E-state index in [1.54, 1.807) is 19.2 Å². The van der Waals surface area contributed by atoms with Crippen molar-refractivity contribution in [2.45, 2.75) is 26.3 Å². The van der Waals surface area contributed by atoms with Crippen LogP contribution in [0, 0.1) is 12.7 Å². The number of hydrogen-bond donors (Lipinski definition) is 3. The Balaban J connectivity index is 1.72. The van der Waals surface area contributed by atoms with Gasteiger partial charge in [0.2, 0.25) is 5.91 Å². The number of carbonyl (C=O) groups excluding carboxylic acids is 2.